The van der Waals surface area contributed by atoms with Crippen molar-refractivity contribution in [3.8, 4) is 0 Å². The second-order valence-corrected chi connectivity index (χ2v) is 3.43. The molecule has 1 atom stereocenters. The van der Waals surface area contributed by atoms with Gasteiger partial charge in [0.05, 0.1) is 0 Å². The van der Waals surface area contributed by atoms with Crippen LogP contribution in [0, 0.1) is 0 Å². The summed E-state index contributed by atoms with van der Waals surface area (Å²) in [4.78, 5) is 6.45. The van der Waals surface area contributed by atoms with E-state index in [2.05, 4.69) is 29.0 Å². The first-order valence-corrected chi connectivity index (χ1v) is 4.62. The lowest BCUT2D eigenvalue weighted by Gasteiger charge is -2.07. The van der Waals surface area contributed by atoms with Crippen molar-refractivity contribution in [3.05, 3.63) is 48.0 Å². The minimum absolute atomic E-state index is 0.550. The van der Waals surface area contributed by atoms with Gasteiger partial charge in [-0.3, -0.25) is 0 Å². The van der Waals surface area contributed by atoms with Crippen LogP contribution in [0.1, 0.15) is 24.2 Å². The maximum Gasteiger partial charge on any atom is 0.0179 e. The summed E-state index contributed by atoms with van der Waals surface area (Å²) in [6.45, 7) is 2.23. The van der Waals surface area contributed by atoms with Crippen molar-refractivity contribution in [2.24, 2.45) is 0 Å². The highest BCUT2D eigenvalue weighted by Crippen LogP contribution is 2.17. The number of H-pyrrole nitrogens is 2. The zero-order chi connectivity index (χ0) is 9.10. The quantitative estimate of drug-likeness (QED) is 0.717. The molecule has 2 heterocycles. The average Bonchev–Trinajstić information content (AvgIpc) is 2.74. The summed E-state index contributed by atoms with van der Waals surface area (Å²) in [7, 11) is 0. The van der Waals surface area contributed by atoms with Crippen molar-refractivity contribution < 1.29 is 0 Å². The van der Waals surface area contributed by atoms with Crippen molar-refractivity contribution in [1.82, 2.24) is 9.97 Å². The van der Waals surface area contributed by atoms with Gasteiger partial charge in [0.25, 0.3) is 0 Å². The Balaban J connectivity index is 2.04. The van der Waals surface area contributed by atoms with E-state index in [0.29, 0.717) is 5.92 Å². The molecule has 0 spiro atoms. The average molecular weight is 174 g/mol. The lowest BCUT2D eigenvalue weighted by molar-refractivity contribution is 0.724. The van der Waals surface area contributed by atoms with Gasteiger partial charge in [0.15, 0.2) is 0 Å². The number of nitrogens with one attached hydrogen (secondary N) is 2. The highest BCUT2D eigenvalue weighted by atomic mass is 14.7. The molecule has 2 aromatic heterocycles. The number of aromatic amines is 2. The monoisotopic (exact) mass is 174 g/mol. The summed E-state index contributed by atoms with van der Waals surface area (Å²) in [5.41, 5.74) is 2.59. The smallest absolute Gasteiger partial charge is 0.0179 e. The first kappa shape index (κ1) is 8.17. The van der Waals surface area contributed by atoms with Crippen LogP contribution in [0.15, 0.2) is 36.7 Å². The molecule has 0 radical (unpaired) electrons. The number of hydrogen-bond donors (Lipinski definition) is 2. The normalized spacial score (nSPS) is 13.0. The Kier molecular flexibility index (Phi) is 2.21. The van der Waals surface area contributed by atoms with Crippen LogP contribution in [0.3, 0.4) is 0 Å². The summed E-state index contributed by atoms with van der Waals surface area (Å²) >= 11 is 0. The molecule has 68 valence electrons. The minimum Gasteiger partial charge on any atom is -0.365 e. The van der Waals surface area contributed by atoms with Crippen molar-refractivity contribution in [3.63, 3.8) is 0 Å². The fraction of sp³-hybridized carbons (Fsp3) is 0.273. The second kappa shape index (κ2) is 3.52. The van der Waals surface area contributed by atoms with E-state index in [1.807, 2.05) is 24.5 Å². The van der Waals surface area contributed by atoms with E-state index >= 15 is 0 Å². The second-order valence-electron chi connectivity index (χ2n) is 3.43. The Morgan fingerprint density at radius 2 is 1.92 bits per heavy atom. The van der Waals surface area contributed by atoms with Crippen LogP contribution in [0.25, 0.3) is 0 Å². The van der Waals surface area contributed by atoms with E-state index < -0.39 is 0 Å². The van der Waals surface area contributed by atoms with Gasteiger partial charge in [-0.1, -0.05) is 6.92 Å². The SMILES string of the molecule is CC(Cc1ccc[nH]1)c1ccc[nH]1. The van der Waals surface area contributed by atoms with Gasteiger partial charge in [-0.2, -0.15) is 0 Å². The molecule has 0 saturated heterocycles. The van der Waals surface area contributed by atoms with E-state index in [-0.39, 0.29) is 0 Å². The predicted molar refractivity (Wildman–Crippen MR) is 53.7 cm³/mol. The molecule has 1 unspecified atom stereocenters. The van der Waals surface area contributed by atoms with E-state index in [1.54, 1.807) is 0 Å². The van der Waals surface area contributed by atoms with Gasteiger partial charge in [-0.25, -0.2) is 0 Å². The lowest BCUT2D eigenvalue weighted by atomic mass is 10.0. The molecular weight excluding hydrogens is 160 g/mol. The molecule has 0 aliphatic carbocycles. The third kappa shape index (κ3) is 1.83. The van der Waals surface area contributed by atoms with Crippen LogP contribution in [-0.2, 0) is 6.42 Å². The summed E-state index contributed by atoms with van der Waals surface area (Å²) in [5, 5.41) is 0. The molecule has 2 nitrogen and oxygen atoms in total. The van der Waals surface area contributed by atoms with Gasteiger partial charge in [0.2, 0.25) is 0 Å². The summed E-state index contributed by atoms with van der Waals surface area (Å²) in [6.07, 6.45) is 5.00. The lowest BCUT2D eigenvalue weighted by Crippen LogP contribution is -1.98. The molecule has 0 fully saturated rings. The molecule has 0 aromatic carbocycles. The van der Waals surface area contributed by atoms with Crippen molar-refractivity contribution in [1.29, 1.82) is 0 Å². The number of hydrogen-bond acceptors (Lipinski definition) is 0. The molecule has 2 heteroatoms. The molecule has 2 N–H and O–H groups in total. The van der Waals surface area contributed by atoms with Gasteiger partial charge in [0.1, 0.15) is 0 Å². The Bertz CT molecular complexity index is 332. The van der Waals surface area contributed by atoms with Crippen LogP contribution in [0.4, 0.5) is 0 Å². The third-order valence-electron chi connectivity index (χ3n) is 2.34. The molecule has 0 saturated carbocycles. The Morgan fingerprint density at radius 1 is 1.15 bits per heavy atom. The Hall–Kier alpha value is -1.44. The van der Waals surface area contributed by atoms with Crippen molar-refractivity contribution in [2.45, 2.75) is 19.3 Å². The zero-order valence-corrected chi connectivity index (χ0v) is 7.75. The zero-order valence-electron chi connectivity index (χ0n) is 7.75. The van der Waals surface area contributed by atoms with E-state index in [4.69, 9.17) is 0 Å². The number of aromatic nitrogens is 2. The van der Waals surface area contributed by atoms with Crippen molar-refractivity contribution >= 4 is 0 Å². The molecule has 2 rings (SSSR count). The van der Waals surface area contributed by atoms with Gasteiger partial charge >= 0.3 is 0 Å². The molecular formula is C11H14N2. The van der Waals surface area contributed by atoms with Crippen molar-refractivity contribution in [2.75, 3.05) is 0 Å². The van der Waals surface area contributed by atoms with Crippen LogP contribution in [0.5, 0.6) is 0 Å². The van der Waals surface area contributed by atoms with Crippen LogP contribution in [-0.4, -0.2) is 9.97 Å². The predicted octanol–water partition coefficient (Wildman–Crippen LogP) is 2.69. The highest BCUT2D eigenvalue weighted by molar-refractivity contribution is 5.13. The molecule has 0 bridgehead atoms. The topological polar surface area (TPSA) is 31.6 Å². The highest BCUT2D eigenvalue weighted by Gasteiger charge is 2.06. The van der Waals surface area contributed by atoms with E-state index in [1.165, 1.54) is 11.4 Å². The largest absolute Gasteiger partial charge is 0.365 e. The first-order valence-electron chi connectivity index (χ1n) is 4.62. The maximum absolute atomic E-state index is 3.24. The molecule has 0 amide bonds. The third-order valence-corrected chi connectivity index (χ3v) is 2.34. The minimum atomic E-state index is 0.550. The van der Waals surface area contributed by atoms with Gasteiger partial charge in [-0.05, 0) is 30.7 Å². The molecule has 0 aliphatic heterocycles. The summed E-state index contributed by atoms with van der Waals surface area (Å²) < 4.78 is 0. The van der Waals surface area contributed by atoms with E-state index in [0.717, 1.165) is 6.42 Å². The van der Waals surface area contributed by atoms with Gasteiger partial charge in [-0.15, -0.1) is 0 Å². The Labute approximate surface area is 78.0 Å². The molecule has 0 aliphatic rings. The summed E-state index contributed by atoms with van der Waals surface area (Å²) in [5.74, 6) is 0.550. The fourth-order valence-corrected chi connectivity index (χ4v) is 1.59. The molecule has 13 heavy (non-hydrogen) atoms. The standard InChI is InChI=1S/C11H14N2/c1-9(11-5-3-7-13-11)8-10-4-2-6-12-10/h2-7,9,12-13H,8H2,1H3. The summed E-state index contributed by atoms with van der Waals surface area (Å²) in [6, 6.07) is 8.34. The Morgan fingerprint density at radius 3 is 2.54 bits per heavy atom. The molecule has 2 aromatic rings. The van der Waals surface area contributed by atoms with Crippen LogP contribution >= 0.6 is 0 Å². The van der Waals surface area contributed by atoms with Gasteiger partial charge in [0, 0.05) is 29.7 Å². The number of rotatable bonds is 3. The fourth-order valence-electron chi connectivity index (χ4n) is 1.59. The van der Waals surface area contributed by atoms with Crippen LogP contribution < -0.4 is 0 Å². The van der Waals surface area contributed by atoms with Gasteiger partial charge < -0.3 is 9.97 Å². The van der Waals surface area contributed by atoms with E-state index in [9.17, 15) is 0 Å². The maximum atomic E-state index is 3.24. The first-order chi connectivity index (χ1) is 6.36. The van der Waals surface area contributed by atoms with Crippen LogP contribution in [0.2, 0.25) is 0 Å².